The molecule has 1 aromatic heterocycles. The summed E-state index contributed by atoms with van der Waals surface area (Å²) in [5.41, 5.74) is 2.24. The molecule has 0 saturated heterocycles. The molecule has 0 saturated carbocycles. The lowest BCUT2D eigenvalue weighted by Gasteiger charge is -2.16. The fraction of sp³-hybridized carbons (Fsp3) is 0.667. The number of amides is 1. The Hall–Kier alpha value is -1.36. The summed E-state index contributed by atoms with van der Waals surface area (Å²) in [4.78, 5) is 14.1. The monoisotopic (exact) mass is 238 g/mol. The third-order valence-corrected chi connectivity index (χ3v) is 2.74. The van der Waals surface area contributed by atoms with E-state index in [-0.39, 0.29) is 11.9 Å². The molecule has 0 aliphatic carbocycles. The highest BCUT2D eigenvalue weighted by atomic mass is 16.1. The lowest BCUT2D eigenvalue weighted by Crippen LogP contribution is -2.35. The van der Waals surface area contributed by atoms with Gasteiger partial charge in [0.25, 0.3) is 5.91 Å². The van der Waals surface area contributed by atoms with Gasteiger partial charge in [-0.1, -0.05) is 0 Å². The SMILES string of the molecule is Cc1n[nH]c(C)c1C(=O)NC(C)CCN(C)C. The first-order chi connectivity index (χ1) is 7.91. The van der Waals surface area contributed by atoms with Crippen molar-refractivity contribution in [3.05, 3.63) is 17.0 Å². The number of nitrogens with one attached hydrogen (secondary N) is 2. The second-order valence-corrected chi connectivity index (χ2v) is 4.78. The maximum Gasteiger partial charge on any atom is 0.255 e. The van der Waals surface area contributed by atoms with E-state index in [9.17, 15) is 4.79 Å². The number of H-pyrrole nitrogens is 1. The van der Waals surface area contributed by atoms with Crippen molar-refractivity contribution in [1.82, 2.24) is 20.4 Å². The van der Waals surface area contributed by atoms with Gasteiger partial charge in [-0.3, -0.25) is 9.89 Å². The fourth-order valence-corrected chi connectivity index (χ4v) is 1.71. The van der Waals surface area contributed by atoms with Gasteiger partial charge >= 0.3 is 0 Å². The minimum absolute atomic E-state index is 0.0417. The van der Waals surface area contributed by atoms with E-state index in [4.69, 9.17) is 0 Å². The average molecular weight is 238 g/mol. The van der Waals surface area contributed by atoms with Crippen molar-refractivity contribution < 1.29 is 4.79 Å². The van der Waals surface area contributed by atoms with Crippen LogP contribution in [0, 0.1) is 13.8 Å². The second-order valence-electron chi connectivity index (χ2n) is 4.78. The second kappa shape index (κ2) is 5.82. The van der Waals surface area contributed by atoms with E-state index in [1.807, 2.05) is 34.9 Å². The molecule has 0 fully saturated rings. The van der Waals surface area contributed by atoms with Crippen molar-refractivity contribution in [2.75, 3.05) is 20.6 Å². The zero-order valence-corrected chi connectivity index (χ0v) is 11.3. The van der Waals surface area contributed by atoms with Gasteiger partial charge < -0.3 is 10.2 Å². The summed E-state index contributed by atoms with van der Waals surface area (Å²) in [6.45, 7) is 6.68. The Bertz CT molecular complexity index is 364. The van der Waals surface area contributed by atoms with Crippen molar-refractivity contribution in [3.8, 4) is 0 Å². The van der Waals surface area contributed by atoms with Gasteiger partial charge in [-0.05, 0) is 47.8 Å². The number of aromatic nitrogens is 2. The number of hydrogen-bond donors (Lipinski definition) is 2. The summed E-state index contributed by atoms with van der Waals surface area (Å²) in [7, 11) is 4.05. The van der Waals surface area contributed by atoms with Crippen LogP contribution in [-0.2, 0) is 0 Å². The summed E-state index contributed by atoms with van der Waals surface area (Å²) in [5, 5.41) is 9.84. The van der Waals surface area contributed by atoms with Crippen LogP contribution < -0.4 is 5.32 Å². The van der Waals surface area contributed by atoms with Gasteiger partial charge in [0.05, 0.1) is 11.3 Å². The van der Waals surface area contributed by atoms with Crippen molar-refractivity contribution >= 4 is 5.91 Å². The number of aryl methyl sites for hydroxylation is 2. The summed E-state index contributed by atoms with van der Waals surface area (Å²) in [5.74, 6) is -0.0417. The van der Waals surface area contributed by atoms with Gasteiger partial charge in [0.1, 0.15) is 0 Å². The van der Waals surface area contributed by atoms with Gasteiger partial charge in [0, 0.05) is 11.7 Å². The third kappa shape index (κ3) is 3.85. The van der Waals surface area contributed by atoms with Crippen LogP contribution in [0.1, 0.15) is 35.1 Å². The molecule has 2 N–H and O–H groups in total. The largest absolute Gasteiger partial charge is 0.349 e. The Kier molecular flexibility index (Phi) is 4.69. The van der Waals surface area contributed by atoms with Crippen LogP contribution in [0.15, 0.2) is 0 Å². The first-order valence-electron chi connectivity index (χ1n) is 5.89. The Morgan fingerprint density at radius 2 is 2.12 bits per heavy atom. The summed E-state index contributed by atoms with van der Waals surface area (Å²) < 4.78 is 0. The Morgan fingerprint density at radius 1 is 1.47 bits per heavy atom. The predicted molar refractivity (Wildman–Crippen MR) is 68.2 cm³/mol. The molecule has 1 heterocycles. The number of nitrogens with zero attached hydrogens (tertiary/aromatic N) is 2. The van der Waals surface area contributed by atoms with Crippen molar-refractivity contribution in [3.63, 3.8) is 0 Å². The van der Waals surface area contributed by atoms with E-state index >= 15 is 0 Å². The molecule has 0 bridgehead atoms. The smallest absolute Gasteiger partial charge is 0.255 e. The van der Waals surface area contributed by atoms with Gasteiger partial charge in [-0.2, -0.15) is 5.10 Å². The van der Waals surface area contributed by atoms with Gasteiger partial charge in [-0.25, -0.2) is 0 Å². The number of rotatable bonds is 5. The zero-order valence-electron chi connectivity index (χ0n) is 11.3. The van der Waals surface area contributed by atoms with E-state index in [0.717, 1.165) is 24.4 Å². The molecule has 96 valence electrons. The standard InChI is InChI=1S/C12H22N4O/c1-8(6-7-16(4)5)13-12(17)11-9(2)14-15-10(11)3/h8H,6-7H2,1-5H3,(H,13,17)(H,14,15). The number of carbonyl (C=O) groups is 1. The maximum atomic E-state index is 12.0. The molecule has 1 amide bonds. The van der Waals surface area contributed by atoms with Crippen LogP contribution in [0.3, 0.4) is 0 Å². The predicted octanol–water partition coefficient (Wildman–Crippen LogP) is 1.10. The molecule has 0 aliphatic rings. The van der Waals surface area contributed by atoms with Crippen LogP contribution in [0.5, 0.6) is 0 Å². The first-order valence-corrected chi connectivity index (χ1v) is 5.89. The molecule has 17 heavy (non-hydrogen) atoms. The highest BCUT2D eigenvalue weighted by Gasteiger charge is 2.16. The van der Waals surface area contributed by atoms with E-state index in [1.165, 1.54) is 0 Å². The van der Waals surface area contributed by atoms with Crippen LogP contribution >= 0.6 is 0 Å². The molecular formula is C12H22N4O. The normalized spacial score (nSPS) is 12.8. The zero-order chi connectivity index (χ0) is 13.0. The van der Waals surface area contributed by atoms with Crippen LogP contribution in [-0.4, -0.2) is 47.7 Å². The van der Waals surface area contributed by atoms with E-state index < -0.39 is 0 Å². The van der Waals surface area contributed by atoms with Crippen molar-refractivity contribution in [2.24, 2.45) is 0 Å². The topological polar surface area (TPSA) is 61.0 Å². The molecule has 0 radical (unpaired) electrons. The fourth-order valence-electron chi connectivity index (χ4n) is 1.71. The molecule has 0 aromatic carbocycles. The molecule has 1 rings (SSSR count). The van der Waals surface area contributed by atoms with Gasteiger partial charge in [-0.15, -0.1) is 0 Å². The Balaban J connectivity index is 2.55. The summed E-state index contributed by atoms with van der Waals surface area (Å²) in [6.07, 6.45) is 0.939. The third-order valence-electron chi connectivity index (χ3n) is 2.74. The Labute approximate surface area is 103 Å². The minimum Gasteiger partial charge on any atom is -0.349 e. The van der Waals surface area contributed by atoms with Gasteiger partial charge in [0.2, 0.25) is 0 Å². The van der Waals surface area contributed by atoms with E-state index in [0.29, 0.717) is 5.56 Å². The molecule has 5 heteroatoms. The molecule has 5 nitrogen and oxygen atoms in total. The van der Waals surface area contributed by atoms with E-state index in [2.05, 4.69) is 20.4 Å². The first kappa shape index (κ1) is 13.7. The minimum atomic E-state index is -0.0417. The molecule has 1 atom stereocenters. The van der Waals surface area contributed by atoms with Crippen molar-refractivity contribution in [2.45, 2.75) is 33.2 Å². The maximum absolute atomic E-state index is 12.0. The molecule has 0 spiro atoms. The van der Waals surface area contributed by atoms with Crippen LogP contribution in [0.4, 0.5) is 0 Å². The summed E-state index contributed by atoms with van der Waals surface area (Å²) in [6, 6.07) is 0.165. The highest BCUT2D eigenvalue weighted by molar-refractivity contribution is 5.96. The van der Waals surface area contributed by atoms with Crippen LogP contribution in [0.25, 0.3) is 0 Å². The number of aromatic amines is 1. The van der Waals surface area contributed by atoms with Crippen molar-refractivity contribution in [1.29, 1.82) is 0 Å². The lowest BCUT2D eigenvalue weighted by atomic mass is 10.1. The van der Waals surface area contributed by atoms with Crippen LogP contribution in [0.2, 0.25) is 0 Å². The number of carbonyl (C=O) groups excluding carboxylic acids is 1. The molecular weight excluding hydrogens is 216 g/mol. The molecule has 0 aliphatic heterocycles. The average Bonchev–Trinajstić information content (AvgIpc) is 2.55. The highest BCUT2D eigenvalue weighted by Crippen LogP contribution is 2.09. The van der Waals surface area contributed by atoms with Gasteiger partial charge in [0.15, 0.2) is 0 Å². The Morgan fingerprint density at radius 3 is 2.59 bits per heavy atom. The number of hydrogen-bond acceptors (Lipinski definition) is 3. The quantitative estimate of drug-likeness (QED) is 0.807. The molecule has 1 aromatic rings. The summed E-state index contributed by atoms with van der Waals surface area (Å²) >= 11 is 0. The lowest BCUT2D eigenvalue weighted by molar-refractivity contribution is 0.0935. The van der Waals surface area contributed by atoms with E-state index in [1.54, 1.807) is 0 Å². The molecule has 1 unspecified atom stereocenters.